The van der Waals surface area contributed by atoms with E-state index in [0.717, 1.165) is 37.0 Å². The summed E-state index contributed by atoms with van der Waals surface area (Å²) >= 11 is 1.03. The topological polar surface area (TPSA) is 87.8 Å². The molecule has 0 bridgehead atoms. The molecule has 0 saturated heterocycles. The van der Waals surface area contributed by atoms with Crippen molar-refractivity contribution < 1.29 is 22.7 Å². The number of hydrogen-bond donors (Lipinski definition) is 1. The predicted molar refractivity (Wildman–Crippen MR) is 89.4 cm³/mol. The maximum absolute atomic E-state index is 13.1. The van der Waals surface area contributed by atoms with Crippen molar-refractivity contribution in [2.75, 3.05) is 0 Å². The number of hydrogen-bond acceptors (Lipinski definition) is 5. The van der Waals surface area contributed by atoms with Gasteiger partial charge in [-0.2, -0.15) is 4.31 Å². The lowest BCUT2D eigenvalue weighted by molar-refractivity contribution is -0.136. The quantitative estimate of drug-likeness (QED) is 0.810. The van der Waals surface area contributed by atoms with Gasteiger partial charge in [-0.25, -0.2) is 8.42 Å². The van der Waals surface area contributed by atoms with Crippen molar-refractivity contribution >= 4 is 27.3 Å². The van der Waals surface area contributed by atoms with E-state index in [1.165, 1.54) is 16.6 Å². The lowest BCUT2D eigenvalue weighted by Crippen LogP contribution is -2.37. The Labute approximate surface area is 144 Å². The van der Waals surface area contributed by atoms with E-state index in [2.05, 4.69) is 0 Å². The summed E-state index contributed by atoms with van der Waals surface area (Å²) in [7, 11) is -3.68. The van der Waals surface area contributed by atoms with Gasteiger partial charge in [0, 0.05) is 10.9 Å². The average Bonchev–Trinajstić information content (AvgIpc) is 3.26. The third-order valence-electron chi connectivity index (χ3n) is 4.15. The maximum Gasteiger partial charge on any atom is 0.308 e. The van der Waals surface area contributed by atoms with Gasteiger partial charge in [-0.05, 0) is 37.1 Å². The lowest BCUT2D eigenvalue weighted by atomic mass is 10.2. The van der Waals surface area contributed by atoms with Crippen LogP contribution < -0.4 is 0 Å². The summed E-state index contributed by atoms with van der Waals surface area (Å²) in [5.41, 5.74) is 0. The van der Waals surface area contributed by atoms with Gasteiger partial charge < -0.3 is 9.52 Å². The van der Waals surface area contributed by atoms with Crippen molar-refractivity contribution in [2.45, 2.75) is 48.9 Å². The van der Waals surface area contributed by atoms with E-state index in [0.29, 0.717) is 10.6 Å². The molecular weight excluding hydrogens is 350 g/mol. The van der Waals surface area contributed by atoms with E-state index in [1.807, 2.05) is 0 Å². The Hall–Kier alpha value is -1.64. The molecule has 8 heteroatoms. The van der Waals surface area contributed by atoms with Gasteiger partial charge in [0.05, 0.1) is 19.2 Å². The number of nitrogens with zero attached hydrogens (tertiary/aromatic N) is 1. The van der Waals surface area contributed by atoms with Crippen LogP contribution in [-0.2, 0) is 27.8 Å². The number of carboxylic acids is 1. The third-order valence-corrected chi connectivity index (χ3v) is 7.60. The Kier molecular flexibility index (Phi) is 5.07. The molecule has 1 fully saturated rings. The molecule has 130 valence electrons. The largest absolute Gasteiger partial charge is 0.481 e. The van der Waals surface area contributed by atoms with Crippen molar-refractivity contribution in [3.8, 4) is 0 Å². The molecule has 0 radical (unpaired) electrons. The molecule has 0 aromatic carbocycles. The van der Waals surface area contributed by atoms with Crippen molar-refractivity contribution in [2.24, 2.45) is 0 Å². The number of carboxylic acid groups (broad SMARTS) is 1. The van der Waals surface area contributed by atoms with Gasteiger partial charge in [0.15, 0.2) is 0 Å². The van der Waals surface area contributed by atoms with Gasteiger partial charge in [-0.1, -0.05) is 12.8 Å². The van der Waals surface area contributed by atoms with E-state index in [-0.39, 0.29) is 23.2 Å². The molecule has 2 aromatic heterocycles. The fourth-order valence-electron chi connectivity index (χ4n) is 3.02. The van der Waals surface area contributed by atoms with E-state index in [9.17, 15) is 13.2 Å². The molecule has 1 N–H and O–H groups in total. The minimum atomic E-state index is -3.68. The normalized spacial score (nSPS) is 16.0. The molecule has 24 heavy (non-hydrogen) atoms. The molecule has 0 unspecified atom stereocenters. The zero-order valence-electron chi connectivity index (χ0n) is 13.1. The van der Waals surface area contributed by atoms with Crippen molar-refractivity contribution in [3.63, 3.8) is 0 Å². The Morgan fingerprint density at radius 3 is 2.67 bits per heavy atom. The van der Waals surface area contributed by atoms with Crippen LogP contribution >= 0.6 is 11.3 Å². The van der Waals surface area contributed by atoms with Gasteiger partial charge in [0.2, 0.25) is 0 Å². The molecular formula is C16H19NO5S2. The molecule has 0 spiro atoms. The number of carbonyl (C=O) groups is 1. The highest BCUT2D eigenvalue weighted by molar-refractivity contribution is 7.91. The van der Waals surface area contributed by atoms with E-state index in [1.54, 1.807) is 18.2 Å². The monoisotopic (exact) mass is 369 g/mol. The van der Waals surface area contributed by atoms with Gasteiger partial charge in [-0.15, -0.1) is 11.3 Å². The molecule has 0 aliphatic heterocycles. The summed E-state index contributed by atoms with van der Waals surface area (Å²) in [6.07, 6.45) is 5.08. The van der Waals surface area contributed by atoms with Gasteiger partial charge >= 0.3 is 5.97 Å². The van der Waals surface area contributed by atoms with Crippen LogP contribution in [-0.4, -0.2) is 29.8 Å². The number of furan rings is 1. The van der Waals surface area contributed by atoms with Crippen molar-refractivity contribution in [1.29, 1.82) is 0 Å². The van der Waals surface area contributed by atoms with E-state index < -0.39 is 16.0 Å². The molecule has 1 saturated carbocycles. The second-order valence-corrected chi connectivity index (χ2v) is 9.14. The first-order valence-electron chi connectivity index (χ1n) is 7.81. The smallest absolute Gasteiger partial charge is 0.308 e. The molecule has 0 amide bonds. The standard InChI is InChI=1S/C16H19NO5S2/c18-15(19)10-14-7-8-16(23-14)24(20,21)17(12-4-1-2-5-12)11-13-6-3-9-22-13/h3,6-9,12H,1-2,4-5,10-11H2,(H,18,19). The molecule has 3 rings (SSSR count). The second-order valence-electron chi connectivity index (χ2n) is 5.86. The summed E-state index contributed by atoms with van der Waals surface area (Å²) in [6.45, 7) is 0.201. The molecule has 6 nitrogen and oxygen atoms in total. The molecule has 2 aromatic rings. The van der Waals surface area contributed by atoms with Crippen LogP contribution in [0.3, 0.4) is 0 Å². The fourth-order valence-corrected chi connectivity index (χ4v) is 6.14. The van der Waals surface area contributed by atoms with Crippen LogP contribution in [0.25, 0.3) is 0 Å². The van der Waals surface area contributed by atoms with Crippen molar-refractivity contribution in [3.05, 3.63) is 41.2 Å². The summed E-state index contributed by atoms with van der Waals surface area (Å²) < 4.78 is 33.2. The third kappa shape index (κ3) is 3.71. The number of thiophene rings is 1. The number of aliphatic carboxylic acids is 1. The van der Waals surface area contributed by atoms with Crippen LogP contribution in [0.5, 0.6) is 0 Å². The summed E-state index contributed by atoms with van der Waals surface area (Å²) in [6, 6.07) is 6.55. The Balaban J connectivity index is 1.89. The zero-order valence-corrected chi connectivity index (χ0v) is 14.7. The molecule has 1 aliphatic carbocycles. The van der Waals surface area contributed by atoms with Crippen LogP contribution in [0.15, 0.2) is 39.2 Å². The Morgan fingerprint density at radius 1 is 1.29 bits per heavy atom. The number of sulfonamides is 1. The number of rotatable bonds is 7. The van der Waals surface area contributed by atoms with Crippen molar-refractivity contribution in [1.82, 2.24) is 4.31 Å². The second kappa shape index (κ2) is 7.08. The zero-order chi connectivity index (χ0) is 17.2. The Morgan fingerprint density at radius 2 is 2.04 bits per heavy atom. The highest BCUT2D eigenvalue weighted by Crippen LogP contribution is 2.33. The summed E-state index contributed by atoms with van der Waals surface area (Å²) in [4.78, 5) is 11.3. The minimum absolute atomic E-state index is 0.0369. The van der Waals surface area contributed by atoms with Gasteiger partial charge in [0.25, 0.3) is 10.0 Å². The summed E-state index contributed by atoms with van der Waals surface area (Å²) in [5.74, 6) is -0.364. The van der Waals surface area contributed by atoms with Gasteiger partial charge in [-0.3, -0.25) is 4.79 Å². The Bertz CT molecular complexity index is 788. The highest BCUT2D eigenvalue weighted by Gasteiger charge is 2.34. The SMILES string of the molecule is O=C(O)Cc1ccc(S(=O)(=O)N(Cc2ccco2)C2CCCC2)s1. The van der Waals surface area contributed by atoms with Crippen LogP contribution in [0, 0.1) is 0 Å². The molecule has 2 heterocycles. The van der Waals surface area contributed by atoms with Crippen LogP contribution in [0.1, 0.15) is 36.3 Å². The average molecular weight is 369 g/mol. The summed E-state index contributed by atoms with van der Waals surface area (Å²) in [5, 5.41) is 8.87. The minimum Gasteiger partial charge on any atom is -0.481 e. The van der Waals surface area contributed by atoms with Crippen LogP contribution in [0.4, 0.5) is 0 Å². The van der Waals surface area contributed by atoms with E-state index >= 15 is 0 Å². The molecule has 1 aliphatic rings. The first kappa shape index (κ1) is 17.2. The van der Waals surface area contributed by atoms with Crippen LogP contribution in [0.2, 0.25) is 0 Å². The maximum atomic E-state index is 13.1. The first-order chi connectivity index (χ1) is 11.5. The highest BCUT2D eigenvalue weighted by atomic mass is 32.2. The van der Waals surface area contributed by atoms with E-state index in [4.69, 9.17) is 9.52 Å². The lowest BCUT2D eigenvalue weighted by Gasteiger charge is -2.26. The fraction of sp³-hybridized carbons (Fsp3) is 0.438. The molecule has 0 atom stereocenters. The first-order valence-corrected chi connectivity index (χ1v) is 10.1. The van der Waals surface area contributed by atoms with Gasteiger partial charge in [0.1, 0.15) is 9.97 Å². The predicted octanol–water partition coefficient (Wildman–Crippen LogP) is 3.10.